The fourth-order valence-corrected chi connectivity index (χ4v) is 2.69. The van der Waals surface area contributed by atoms with Gasteiger partial charge < -0.3 is 10.4 Å². The first-order valence-electron chi connectivity index (χ1n) is 5.71. The molecule has 0 aliphatic carbocycles. The third-order valence-electron chi connectivity index (χ3n) is 3.28. The largest absolute Gasteiger partial charge is 0.481 e. The molecule has 0 fully saturated rings. The Kier molecular flexibility index (Phi) is 5.43. The van der Waals surface area contributed by atoms with Gasteiger partial charge in [-0.2, -0.15) is 0 Å². The van der Waals surface area contributed by atoms with E-state index < -0.39 is 11.4 Å². The highest BCUT2D eigenvalue weighted by Gasteiger charge is 2.34. The van der Waals surface area contributed by atoms with Gasteiger partial charge >= 0.3 is 5.97 Å². The van der Waals surface area contributed by atoms with Gasteiger partial charge in [0.25, 0.3) is 0 Å². The van der Waals surface area contributed by atoms with Crippen molar-refractivity contribution < 1.29 is 9.90 Å². The van der Waals surface area contributed by atoms with Crippen LogP contribution in [-0.2, 0) is 11.3 Å². The quantitative estimate of drug-likeness (QED) is 0.802. The number of hydrogen-bond acceptors (Lipinski definition) is 3. The molecule has 1 aromatic rings. The molecule has 0 bridgehead atoms. The first-order chi connectivity index (χ1) is 8.05. The normalized spacial score (nSPS) is 11.7. The van der Waals surface area contributed by atoms with E-state index in [1.54, 1.807) is 0 Å². The van der Waals surface area contributed by atoms with Gasteiger partial charge in [0.2, 0.25) is 0 Å². The summed E-state index contributed by atoms with van der Waals surface area (Å²) in [5.74, 6) is -0.730. The Morgan fingerprint density at radius 1 is 1.53 bits per heavy atom. The molecule has 1 aromatic heterocycles. The lowest BCUT2D eigenvalue weighted by atomic mass is 9.82. The van der Waals surface area contributed by atoms with Gasteiger partial charge in [-0.15, -0.1) is 11.3 Å². The van der Waals surface area contributed by atoms with Crippen LogP contribution in [0.1, 0.15) is 32.3 Å². The average Bonchev–Trinajstić information content (AvgIpc) is 2.70. The number of carboxylic acids is 1. The van der Waals surface area contributed by atoms with E-state index in [2.05, 4.69) is 5.32 Å². The molecule has 0 spiro atoms. The van der Waals surface area contributed by atoms with Gasteiger partial charge in [0.15, 0.2) is 0 Å². The summed E-state index contributed by atoms with van der Waals surface area (Å²) in [6.45, 7) is 4.92. The summed E-state index contributed by atoms with van der Waals surface area (Å²) in [6, 6.07) is 1.96. The van der Waals surface area contributed by atoms with E-state index in [4.69, 9.17) is 11.6 Å². The maximum Gasteiger partial charge on any atom is 0.310 e. The predicted molar refractivity (Wildman–Crippen MR) is 71.7 cm³/mol. The maximum absolute atomic E-state index is 11.3. The Hall–Kier alpha value is -0.580. The van der Waals surface area contributed by atoms with E-state index in [0.29, 0.717) is 25.9 Å². The number of thiophene rings is 1. The molecule has 0 aliphatic heterocycles. The molecule has 0 aliphatic rings. The summed E-state index contributed by atoms with van der Waals surface area (Å²) in [4.78, 5) is 11.3. The third kappa shape index (κ3) is 3.44. The summed E-state index contributed by atoms with van der Waals surface area (Å²) >= 11 is 7.47. The van der Waals surface area contributed by atoms with Gasteiger partial charge in [-0.25, -0.2) is 0 Å². The molecule has 0 amide bonds. The zero-order chi connectivity index (χ0) is 12.9. The van der Waals surface area contributed by atoms with Crippen LogP contribution in [0, 0.1) is 5.41 Å². The minimum absolute atomic E-state index is 0.474. The Morgan fingerprint density at radius 2 is 2.18 bits per heavy atom. The number of carbonyl (C=O) groups is 1. The molecule has 17 heavy (non-hydrogen) atoms. The minimum atomic E-state index is -0.730. The van der Waals surface area contributed by atoms with Crippen LogP contribution in [0.3, 0.4) is 0 Å². The molecular formula is C12H18ClNO2S. The van der Waals surface area contributed by atoms with Crippen molar-refractivity contribution in [2.24, 2.45) is 5.41 Å². The van der Waals surface area contributed by atoms with Gasteiger partial charge in [-0.05, 0) is 29.9 Å². The van der Waals surface area contributed by atoms with Gasteiger partial charge in [0, 0.05) is 13.1 Å². The Morgan fingerprint density at radius 3 is 2.59 bits per heavy atom. The van der Waals surface area contributed by atoms with Crippen molar-refractivity contribution in [3.63, 3.8) is 0 Å². The molecule has 0 atom stereocenters. The predicted octanol–water partition coefficient (Wildman–Crippen LogP) is 3.38. The Balaban J connectivity index is 2.54. The monoisotopic (exact) mass is 275 g/mol. The van der Waals surface area contributed by atoms with Crippen LogP contribution in [0.2, 0.25) is 4.34 Å². The number of aliphatic carboxylic acids is 1. The molecule has 0 saturated carbocycles. The highest BCUT2D eigenvalue weighted by atomic mass is 35.5. The van der Waals surface area contributed by atoms with Crippen molar-refractivity contribution in [2.75, 3.05) is 6.54 Å². The van der Waals surface area contributed by atoms with Crippen molar-refractivity contribution in [3.8, 4) is 0 Å². The van der Waals surface area contributed by atoms with Crippen LogP contribution in [-0.4, -0.2) is 17.6 Å². The number of halogens is 1. The summed E-state index contributed by atoms with van der Waals surface area (Å²) in [6.07, 6.45) is 1.26. The van der Waals surface area contributed by atoms with E-state index in [9.17, 15) is 9.90 Å². The molecule has 96 valence electrons. The Bertz CT molecular complexity index is 374. The van der Waals surface area contributed by atoms with Crippen LogP contribution < -0.4 is 5.32 Å². The fourth-order valence-electron chi connectivity index (χ4n) is 1.76. The second-order valence-electron chi connectivity index (χ2n) is 4.12. The van der Waals surface area contributed by atoms with E-state index in [1.807, 2.05) is 25.3 Å². The van der Waals surface area contributed by atoms with E-state index >= 15 is 0 Å². The average molecular weight is 276 g/mol. The highest BCUT2D eigenvalue weighted by Crippen LogP contribution is 2.27. The van der Waals surface area contributed by atoms with Crippen molar-refractivity contribution in [3.05, 3.63) is 21.3 Å². The summed E-state index contributed by atoms with van der Waals surface area (Å²) in [5, 5.41) is 14.4. The first-order valence-corrected chi connectivity index (χ1v) is 6.97. The first kappa shape index (κ1) is 14.5. The second-order valence-corrected chi connectivity index (χ2v) is 5.63. The maximum atomic E-state index is 11.3. The van der Waals surface area contributed by atoms with Gasteiger partial charge in [-0.1, -0.05) is 25.4 Å². The number of nitrogens with one attached hydrogen (secondary N) is 1. The SMILES string of the molecule is CCC(CC)(CNCc1ccsc1Cl)C(=O)O. The molecular weight excluding hydrogens is 258 g/mol. The molecule has 5 heteroatoms. The van der Waals surface area contributed by atoms with Gasteiger partial charge in [0.1, 0.15) is 0 Å². The van der Waals surface area contributed by atoms with Crippen molar-refractivity contribution in [1.82, 2.24) is 5.32 Å². The smallest absolute Gasteiger partial charge is 0.310 e. The summed E-state index contributed by atoms with van der Waals surface area (Å²) in [7, 11) is 0. The second kappa shape index (κ2) is 6.38. The number of carboxylic acid groups (broad SMARTS) is 1. The molecule has 0 radical (unpaired) electrons. The Labute approximate surface area is 111 Å². The molecule has 1 rings (SSSR count). The third-order valence-corrected chi connectivity index (χ3v) is 4.53. The standard InChI is InChI=1S/C12H18ClNO2S/c1-3-12(4-2,11(15)16)8-14-7-9-5-6-17-10(9)13/h5-6,14H,3-4,7-8H2,1-2H3,(H,15,16). The minimum Gasteiger partial charge on any atom is -0.481 e. The summed E-state index contributed by atoms with van der Waals surface area (Å²) in [5.41, 5.74) is 0.367. The molecule has 3 nitrogen and oxygen atoms in total. The van der Waals surface area contributed by atoms with E-state index in [1.165, 1.54) is 11.3 Å². The van der Waals surface area contributed by atoms with Gasteiger partial charge in [-0.3, -0.25) is 4.79 Å². The summed E-state index contributed by atoms with van der Waals surface area (Å²) < 4.78 is 0.770. The molecule has 0 saturated heterocycles. The van der Waals surface area contributed by atoms with Crippen LogP contribution in [0.4, 0.5) is 0 Å². The van der Waals surface area contributed by atoms with Gasteiger partial charge in [0.05, 0.1) is 9.75 Å². The lowest BCUT2D eigenvalue weighted by Crippen LogP contribution is -2.39. The van der Waals surface area contributed by atoms with Crippen LogP contribution in [0.5, 0.6) is 0 Å². The van der Waals surface area contributed by atoms with Crippen molar-refractivity contribution >= 4 is 28.9 Å². The lowest BCUT2D eigenvalue weighted by Gasteiger charge is -2.26. The number of rotatable bonds is 7. The van der Waals surface area contributed by atoms with Crippen LogP contribution >= 0.6 is 22.9 Å². The topological polar surface area (TPSA) is 49.3 Å². The molecule has 0 aromatic carbocycles. The zero-order valence-corrected chi connectivity index (χ0v) is 11.7. The van der Waals surface area contributed by atoms with Crippen molar-refractivity contribution in [1.29, 1.82) is 0 Å². The number of hydrogen-bond donors (Lipinski definition) is 2. The lowest BCUT2D eigenvalue weighted by molar-refractivity contribution is -0.149. The van der Waals surface area contributed by atoms with E-state index in [-0.39, 0.29) is 0 Å². The van der Waals surface area contributed by atoms with Crippen LogP contribution in [0.15, 0.2) is 11.4 Å². The zero-order valence-electron chi connectivity index (χ0n) is 10.1. The molecule has 1 heterocycles. The van der Waals surface area contributed by atoms with Crippen molar-refractivity contribution in [2.45, 2.75) is 33.2 Å². The fraction of sp³-hybridized carbons (Fsp3) is 0.583. The molecule has 2 N–H and O–H groups in total. The molecule has 0 unspecified atom stereocenters. The van der Waals surface area contributed by atoms with E-state index in [0.717, 1.165) is 9.90 Å². The van der Waals surface area contributed by atoms with Crippen LogP contribution in [0.25, 0.3) is 0 Å². The highest BCUT2D eigenvalue weighted by molar-refractivity contribution is 7.14.